The van der Waals surface area contributed by atoms with Gasteiger partial charge in [-0.15, -0.1) is 0 Å². The number of hydrogen-bond acceptors (Lipinski definition) is 2. The Bertz CT molecular complexity index is 460. The van der Waals surface area contributed by atoms with Crippen LogP contribution in [0.1, 0.15) is 31.2 Å². The number of para-hydroxylation sites is 1. The van der Waals surface area contributed by atoms with Gasteiger partial charge in [-0.25, -0.2) is 0 Å². The fourth-order valence-corrected chi connectivity index (χ4v) is 3.13. The Labute approximate surface area is 95.8 Å². The summed E-state index contributed by atoms with van der Waals surface area (Å²) in [6.45, 7) is 0. The number of nitrogens with zero attached hydrogens (tertiary/aromatic N) is 1. The molecule has 0 aliphatic heterocycles. The van der Waals surface area contributed by atoms with Crippen molar-refractivity contribution in [3.63, 3.8) is 0 Å². The van der Waals surface area contributed by atoms with Crippen LogP contribution < -0.4 is 4.74 Å². The summed E-state index contributed by atoms with van der Waals surface area (Å²) in [4.78, 5) is 0. The van der Waals surface area contributed by atoms with Gasteiger partial charge in [-0.05, 0) is 37.2 Å². The summed E-state index contributed by atoms with van der Waals surface area (Å²) in [5.74, 6) is 0.861. The molecule has 1 aromatic rings. The highest BCUT2D eigenvalue weighted by molar-refractivity contribution is 5.47. The molecule has 0 bridgehead atoms. The Kier molecular flexibility index (Phi) is 1.83. The number of nitriles is 1. The monoisotopic (exact) mass is 213 g/mol. The van der Waals surface area contributed by atoms with Gasteiger partial charge in [-0.2, -0.15) is 5.26 Å². The van der Waals surface area contributed by atoms with Crippen LogP contribution in [0.25, 0.3) is 0 Å². The van der Waals surface area contributed by atoms with Crippen molar-refractivity contribution in [3.8, 4) is 11.8 Å². The van der Waals surface area contributed by atoms with Crippen molar-refractivity contribution in [1.82, 2.24) is 0 Å². The predicted octanol–water partition coefficient (Wildman–Crippen LogP) is 3.03. The molecule has 0 amide bonds. The molecule has 0 N–H and O–H groups in total. The summed E-state index contributed by atoms with van der Waals surface area (Å²) in [5.41, 5.74) is 1.33. The van der Waals surface area contributed by atoms with Crippen LogP contribution in [-0.2, 0) is 5.41 Å². The molecule has 1 spiro atoms. The summed E-state index contributed by atoms with van der Waals surface area (Å²) in [7, 11) is 1.68. The molecule has 1 aromatic carbocycles. The Morgan fingerprint density at radius 3 is 2.50 bits per heavy atom. The standard InChI is InChI=1S/C14H15NO/c1-16-12-5-3-2-4-11(12)14(10-15)8-13(9-14)6-7-13/h2-5H,6-9H2,1H3. The van der Waals surface area contributed by atoms with Crippen LogP contribution in [0.2, 0.25) is 0 Å². The van der Waals surface area contributed by atoms with E-state index in [0.29, 0.717) is 5.41 Å². The van der Waals surface area contributed by atoms with E-state index in [9.17, 15) is 5.26 Å². The third-order valence-corrected chi connectivity index (χ3v) is 4.15. The smallest absolute Gasteiger partial charge is 0.123 e. The normalized spacial score (nSPS) is 23.2. The van der Waals surface area contributed by atoms with Crippen LogP contribution >= 0.6 is 0 Å². The number of rotatable bonds is 2. The molecule has 2 saturated carbocycles. The quantitative estimate of drug-likeness (QED) is 0.756. The van der Waals surface area contributed by atoms with Gasteiger partial charge >= 0.3 is 0 Å². The van der Waals surface area contributed by atoms with E-state index < -0.39 is 0 Å². The minimum absolute atomic E-state index is 0.275. The van der Waals surface area contributed by atoms with Crippen molar-refractivity contribution >= 4 is 0 Å². The predicted molar refractivity (Wildman–Crippen MR) is 61.2 cm³/mol. The third-order valence-electron chi connectivity index (χ3n) is 4.15. The zero-order valence-electron chi connectivity index (χ0n) is 9.49. The molecular weight excluding hydrogens is 198 g/mol. The fourth-order valence-electron chi connectivity index (χ4n) is 3.13. The Hall–Kier alpha value is -1.49. The van der Waals surface area contributed by atoms with E-state index in [0.717, 1.165) is 24.2 Å². The lowest BCUT2D eigenvalue weighted by Gasteiger charge is -2.44. The lowest BCUT2D eigenvalue weighted by molar-refractivity contribution is 0.169. The van der Waals surface area contributed by atoms with Gasteiger partial charge in [0.15, 0.2) is 0 Å². The molecule has 0 heterocycles. The third kappa shape index (κ3) is 1.18. The van der Waals surface area contributed by atoms with Crippen molar-refractivity contribution in [3.05, 3.63) is 29.8 Å². The number of hydrogen-bond donors (Lipinski definition) is 0. The summed E-state index contributed by atoms with van der Waals surface area (Å²) >= 11 is 0. The Morgan fingerprint density at radius 2 is 1.94 bits per heavy atom. The van der Waals surface area contributed by atoms with E-state index >= 15 is 0 Å². The van der Waals surface area contributed by atoms with Gasteiger partial charge in [0.1, 0.15) is 5.75 Å². The minimum atomic E-state index is -0.275. The topological polar surface area (TPSA) is 33.0 Å². The van der Waals surface area contributed by atoms with Gasteiger partial charge in [0.25, 0.3) is 0 Å². The lowest BCUT2D eigenvalue weighted by Crippen LogP contribution is -2.41. The molecule has 0 aromatic heterocycles. The van der Waals surface area contributed by atoms with Crippen LogP contribution in [0, 0.1) is 16.7 Å². The first kappa shape index (κ1) is 9.72. The molecular formula is C14H15NO. The van der Waals surface area contributed by atoms with Crippen molar-refractivity contribution in [2.75, 3.05) is 7.11 Å². The SMILES string of the molecule is COc1ccccc1C1(C#N)CC2(CC2)C1. The van der Waals surface area contributed by atoms with Crippen molar-refractivity contribution in [2.45, 2.75) is 31.1 Å². The number of methoxy groups -OCH3 is 1. The van der Waals surface area contributed by atoms with Crippen LogP contribution in [0.5, 0.6) is 5.75 Å². The van der Waals surface area contributed by atoms with E-state index in [2.05, 4.69) is 6.07 Å². The second-order valence-electron chi connectivity index (χ2n) is 5.25. The number of benzene rings is 1. The highest BCUT2D eigenvalue weighted by Gasteiger charge is 2.62. The Balaban J connectivity index is 1.99. The highest BCUT2D eigenvalue weighted by Crippen LogP contribution is 2.69. The van der Waals surface area contributed by atoms with Gasteiger partial charge in [0.2, 0.25) is 0 Å². The molecule has 0 atom stereocenters. The molecule has 2 aliphatic carbocycles. The zero-order chi connectivity index (χ0) is 11.2. The molecule has 0 unspecified atom stereocenters. The van der Waals surface area contributed by atoms with E-state index in [4.69, 9.17) is 4.74 Å². The molecule has 2 aliphatic rings. The lowest BCUT2D eigenvalue weighted by atomic mass is 9.57. The summed E-state index contributed by atoms with van der Waals surface area (Å²) in [6, 6.07) is 10.5. The van der Waals surface area contributed by atoms with Gasteiger partial charge in [0, 0.05) is 5.56 Å². The molecule has 0 radical (unpaired) electrons. The first-order valence-corrected chi connectivity index (χ1v) is 5.78. The van der Waals surface area contributed by atoms with Crippen molar-refractivity contribution < 1.29 is 4.74 Å². The van der Waals surface area contributed by atoms with Crippen LogP contribution in [-0.4, -0.2) is 7.11 Å². The van der Waals surface area contributed by atoms with E-state index in [-0.39, 0.29) is 5.41 Å². The summed E-state index contributed by atoms with van der Waals surface area (Å²) < 4.78 is 5.37. The largest absolute Gasteiger partial charge is 0.496 e. The average molecular weight is 213 g/mol. The van der Waals surface area contributed by atoms with Gasteiger partial charge in [-0.3, -0.25) is 0 Å². The van der Waals surface area contributed by atoms with Crippen LogP contribution in [0.15, 0.2) is 24.3 Å². The second-order valence-corrected chi connectivity index (χ2v) is 5.25. The zero-order valence-corrected chi connectivity index (χ0v) is 9.49. The first-order valence-electron chi connectivity index (χ1n) is 5.78. The van der Waals surface area contributed by atoms with Gasteiger partial charge in [0.05, 0.1) is 18.6 Å². The Morgan fingerprint density at radius 1 is 1.25 bits per heavy atom. The van der Waals surface area contributed by atoms with Crippen LogP contribution in [0.3, 0.4) is 0 Å². The maximum Gasteiger partial charge on any atom is 0.123 e. The summed E-state index contributed by atoms with van der Waals surface area (Å²) in [6.07, 6.45) is 4.67. The van der Waals surface area contributed by atoms with Crippen LogP contribution in [0.4, 0.5) is 0 Å². The fraction of sp³-hybridized carbons (Fsp3) is 0.500. The molecule has 16 heavy (non-hydrogen) atoms. The molecule has 2 nitrogen and oxygen atoms in total. The maximum absolute atomic E-state index is 9.46. The molecule has 2 fully saturated rings. The van der Waals surface area contributed by atoms with Gasteiger partial charge < -0.3 is 4.74 Å². The molecule has 2 heteroatoms. The van der Waals surface area contributed by atoms with Crippen molar-refractivity contribution in [2.24, 2.45) is 5.41 Å². The van der Waals surface area contributed by atoms with E-state index in [1.807, 2.05) is 24.3 Å². The minimum Gasteiger partial charge on any atom is -0.496 e. The molecule has 3 rings (SSSR count). The maximum atomic E-state index is 9.46. The highest BCUT2D eigenvalue weighted by atomic mass is 16.5. The second kappa shape index (κ2) is 3.01. The molecule has 0 saturated heterocycles. The van der Waals surface area contributed by atoms with E-state index in [1.165, 1.54) is 12.8 Å². The van der Waals surface area contributed by atoms with E-state index in [1.54, 1.807) is 7.11 Å². The van der Waals surface area contributed by atoms with Crippen molar-refractivity contribution in [1.29, 1.82) is 5.26 Å². The summed E-state index contributed by atoms with van der Waals surface area (Å²) in [5, 5.41) is 9.46. The van der Waals surface area contributed by atoms with Gasteiger partial charge in [-0.1, -0.05) is 18.2 Å². The number of ether oxygens (including phenoxy) is 1. The molecule has 82 valence electrons. The first-order chi connectivity index (χ1) is 7.74. The average Bonchev–Trinajstić information content (AvgIpc) is 3.06.